The molecule has 0 aliphatic heterocycles. The topological polar surface area (TPSA) is 9.23 Å². The smallest absolute Gasteiger partial charge is 0.496 e. The summed E-state index contributed by atoms with van der Waals surface area (Å²) in [5, 5.41) is 0. The maximum Gasteiger partial charge on any atom is 1.00 e. The number of aryl methyl sites for hydroxylation is 1. The van der Waals surface area contributed by atoms with Crippen LogP contribution < -0.4 is 61.6 Å². The number of ether oxygens (including phenoxy) is 1. The van der Waals surface area contributed by atoms with E-state index in [1.165, 1.54) is 6.07 Å². The molecule has 0 bridgehead atoms. The molecule has 0 saturated heterocycles. The zero-order valence-corrected chi connectivity index (χ0v) is 14.1. The first-order valence-corrected chi connectivity index (χ1v) is 5.38. The van der Waals surface area contributed by atoms with Crippen LogP contribution in [0.25, 0.3) is 0 Å². The van der Waals surface area contributed by atoms with Crippen LogP contribution in [0, 0.1) is 6.92 Å². The minimum atomic E-state index is -5.04. The normalized spacial score (nSPS) is 10.7. The van der Waals surface area contributed by atoms with Crippen molar-refractivity contribution >= 4 is 12.4 Å². The van der Waals surface area contributed by atoms with Crippen molar-refractivity contribution in [3.63, 3.8) is 0 Å². The van der Waals surface area contributed by atoms with E-state index in [4.69, 9.17) is 4.74 Å². The fraction of sp³-hybridized carbons (Fsp3) is 0.333. The molecule has 1 aromatic rings. The fourth-order valence-electron chi connectivity index (χ4n) is 1.39. The number of hydrogen-bond donors (Lipinski definition) is 0. The molecule has 0 aromatic heterocycles. The Morgan fingerprint density at radius 2 is 1.94 bits per heavy atom. The van der Waals surface area contributed by atoms with Gasteiger partial charge >= 0.3 is 58.4 Å². The molecule has 6 heteroatoms. The van der Waals surface area contributed by atoms with E-state index in [-0.39, 0.29) is 63.7 Å². The number of hydrogen-bond acceptors (Lipinski definition) is 1. The van der Waals surface area contributed by atoms with E-state index in [1.807, 2.05) is 6.92 Å². The summed E-state index contributed by atoms with van der Waals surface area (Å²) < 4.78 is 43.5. The standard InChI is InChI=1S/C12H15BF3O.K/c1-9(2)6-7-17-12-5-4-10(3)8-11(12)13(14,15)16;/h4-5,8H,1,6-7H2,2-3H3;/q-1;+1. The molecule has 1 nitrogen and oxygen atoms in total. The second-order valence-electron chi connectivity index (χ2n) is 4.17. The van der Waals surface area contributed by atoms with Crippen molar-refractivity contribution in [2.24, 2.45) is 0 Å². The Morgan fingerprint density at radius 3 is 2.44 bits per heavy atom. The van der Waals surface area contributed by atoms with E-state index < -0.39 is 12.4 Å². The van der Waals surface area contributed by atoms with Gasteiger partial charge in [-0.3, -0.25) is 0 Å². The molecule has 0 atom stereocenters. The van der Waals surface area contributed by atoms with Crippen LogP contribution in [-0.2, 0) is 0 Å². The summed E-state index contributed by atoms with van der Waals surface area (Å²) >= 11 is 0. The van der Waals surface area contributed by atoms with Crippen LogP contribution >= 0.6 is 0 Å². The molecule has 0 fully saturated rings. The predicted molar refractivity (Wildman–Crippen MR) is 64.8 cm³/mol. The number of benzene rings is 1. The molecule has 0 saturated carbocycles. The van der Waals surface area contributed by atoms with Gasteiger partial charge in [-0.2, -0.15) is 0 Å². The molecule has 1 aromatic carbocycles. The van der Waals surface area contributed by atoms with Crippen molar-refractivity contribution < 1.29 is 69.1 Å². The van der Waals surface area contributed by atoms with Crippen molar-refractivity contribution in [3.05, 3.63) is 35.9 Å². The van der Waals surface area contributed by atoms with Gasteiger partial charge in [0.2, 0.25) is 0 Å². The summed E-state index contributed by atoms with van der Waals surface area (Å²) in [7, 11) is 0. The molecule has 0 N–H and O–H groups in total. The van der Waals surface area contributed by atoms with Gasteiger partial charge in [-0.25, -0.2) is 0 Å². The van der Waals surface area contributed by atoms with Crippen molar-refractivity contribution in [1.82, 2.24) is 0 Å². The van der Waals surface area contributed by atoms with Gasteiger partial charge < -0.3 is 17.7 Å². The summed E-state index contributed by atoms with van der Waals surface area (Å²) in [6, 6.07) is 4.11. The SMILES string of the molecule is C=C(C)CCOc1ccc(C)cc1[B-](F)(F)F.[K+]. The van der Waals surface area contributed by atoms with Crippen molar-refractivity contribution in [2.75, 3.05) is 6.61 Å². The minimum absolute atomic E-state index is 0. The average molecular weight is 282 g/mol. The van der Waals surface area contributed by atoms with Gasteiger partial charge in [-0.1, -0.05) is 28.7 Å². The summed E-state index contributed by atoms with van der Waals surface area (Å²) in [5.41, 5.74) is 0.800. The molecule has 0 aliphatic carbocycles. The molecule has 0 aliphatic rings. The maximum atomic E-state index is 12.8. The van der Waals surface area contributed by atoms with Gasteiger partial charge in [0.15, 0.2) is 0 Å². The molecule has 94 valence electrons. The quantitative estimate of drug-likeness (QED) is 0.561. The van der Waals surface area contributed by atoms with Crippen LogP contribution in [0.5, 0.6) is 5.75 Å². The Morgan fingerprint density at radius 1 is 1.33 bits per heavy atom. The zero-order chi connectivity index (χ0) is 13.1. The maximum absolute atomic E-state index is 12.8. The van der Waals surface area contributed by atoms with Gasteiger partial charge in [-0.15, -0.1) is 6.58 Å². The second kappa shape index (κ2) is 7.75. The Bertz CT molecular complexity index is 418. The molecule has 18 heavy (non-hydrogen) atoms. The first-order chi connectivity index (χ1) is 7.80. The third-order valence-corrected chi connectivity index (χ3v) is 2.30. The van der Waals surface area contributed by atoms with Crippen LogP contribution in [0.15, 0.2) is 30.4 Å². The Labute approximate surface area is 148 Å². The van der Waals surface area contributed by atoms with Gasteiger partial charge in [0.05, 0.1) is 12.4 Å². The molecular formula is C12H15BF3KO. The third kappa shape index (κ3) is 5.93. The number of rotatable bonds is 5. The van der Waals surface area contributed by atoms with E-state index in [1.54, 1.807) is 13.0 Å². The fourth-order valence-corrected chi connectivity index (χ4v) is 1.39. The average Bonchev–Trinajstić information content (AvgIpc) is 2.18. The van der Waals surface area contributed by atoms with E-state index in [9.17, 15) is 12.9 Å². The second-order valence-corrected chi connectivity index (χ2v) is 4.17. The van der Waals surface area contributed by atoms with Crippen LogP contribution in [0.1, 0.15) is 18.9 Å². The van der Waals surface area contributed by atoms with Crippen LogP contribution in [0.2, 0.25) is 0 Å². The van der Waals surface area contributed by atoms with E-state index >= 15 is 0 Å². The Kier molecular flexibility index (Phi) is 7.86. The largest absolute Gasteiger partial charge is 1.00 e. The first-order valence-electron chi connectivity index (χ1n) is 5.38. The van der Waals surface area contributed by atoms with Crippen LogP contribution in [0.4, 0.5) is 12.9 Å². The zero-order valence-electron chi connectivity index (χ0n) is 11.0. The number of halogens is 3. The first kappa shape index (κ1) is 18.3. The predicted octanol–water partition coefficient (Wildman–Crippen LogP) is 0.398. The van der Waals surface area contributed by atoms with Gasteiger partial charge in [0.25, 0.3) is 0 Å². The van der Waals surface area contributed by atoms with E-state index in [0.29, 0.717) is 12.0 Å². The van der Waals surface area contributed by atoms with E-state index in [2.05, 4.69) is 6.58 Å². The van der Waals surface area contributed by atoms with Crippen LogP contribution in [0.3, 0.4) is 0 Å². The van der Waals surface area contributed by atoms with Gasteiger partial charge in [0.1, 0.15) is 0 Å². The monoisotopic (exact) mass is 282 g/mol. The molecule has 1 rings (SSSR count). The van der Waals surface area contributed by atoms with Gasteiger partial charge in [-0.05, 0) is 19.9 Å². The van der Waals surface area contributed by atoms with Gasteiger partial charge in [0, 0.05) is 6.42 Å². The molecule has 0 radical (unpaired) electrons. The summed E-state index contributed by atoms with van der Waals surface area (Å²) in [6.07, 6.45) is 0.554. The van der Waals surface area contributed by atoms with E-state index in [0.717, 1.165) is 11.6 Å². The molecular weight excluding hydrogens is 267 g/mol. The molecule has 0 amide bonds. The van der Waals surface area contributed by atoms with Crippen molar-refractivity contribution in [3.8, 4) is 5.75 Å². The Balaban J connectivity index is 0.00000289. The van der Waals surface area contributed by atoms with Crippen molar-refractivity contribution in [2.45, 2.75) is 20.3 Å². The molecule has 0 spiro atoms. The molecule has 0 unspecified atom stereocenters. The molecule has 0 heterocycles. The minimum Gasteiger partial charge on any atom is -0.496 e. The van der Waals surface area contributed by atoms with Crippen LogP contribution in [-0.4, -0.2) is 13.6 Å². The Hall–Kier alpha value is 0.251. The van der Waals surface area contributed by atoms with Crippen molar-refractivity contribution in [1.29, 1.82) is 0 Å². The third-order valence-electron chi connectivity index (χ3n) is 2.30. The summed E-state index contributed by atoms with van der Waals surface area (Å²) in [4.78, 5) is 0. The summed E-state index contributed by atoms with van der Waals surface area (Å²) in [6.45, 7) is 2.30. The summed E-state index contributed by atoms with van der Waals surface area (Å²) in [5.74, 6) is -0.0932.